The fourth-order valence-electron chi connectivity index (χ4n) is 9.07. The normalized spacial score (nSPS) is 11.6. The van der Waals surface area contributed by atoms with Crippen LogP contribution in [0.3, 0.4) is 0 Å². The molecule has 12 aromatic rings. The van der Waals surface area contributed by atoms with Gasteiger partial charge in [0.15, 0.2) is 29.1 Å². The monoisotopic (exact) mass is 870 g/mol. The fraction of sp³-hybridized carbons (Fsp3) is 0.0727. The maximum atomic E-state index is 5.33. The number of aryl methyl sites for hydroxylation is 4. The lowest BCUT2D eigenvalue weighted by molar-refractivity contribution is 0.928. The molecule has 0 N–H and O–H groups in total. The fourth-order valence-corrected chi connectivity index (χ4v) is 10.2. The molecule has 10 nitrogen and oxygen atoms in total. The van der Waals surface area contributed by atoms with Crippen molar-refractivity contribution in [2.45, 2.75) is 27.7 Å². The predicted octanol–water partition coefficient (Wildman–Crippen LogP) is 12.9. The Kier molecular flexibility index (Phi) is 9.32. The van der Waals surface area contributed by atoms with E-state index < -0.39 is 0 Å². The van der Waals surface area contributed by atoms with E-state index in [4.69, 9.17) is 34.9 Å². The molecule has 0 saturated carbocycles. The summed E-state index contributed by atoms with van der Waals surface area (Å²) in [5.41, 5.74) is 9.48. The second-order valence-corrected chi connectivity index (χ2v) is 17.4. The molecule has 0 radical (unpaired) electrons. The van der Waals surface area contributed by atoms with E-state index in [-0.39, 0.29) is 0 Å². The van der Waals surface area contributed by atoms with Crippen molar-refractivity contribution in [3.63, 3.8) is 0 Å². The van der Waals surface area contributed by atoms with Gasteiger partial charge in [0.1, 0.15) is 23.3 Å². The minimum absolute atomic E-state index is 0.553. The summed E-state index contributed by atoms with van der Waals surface area (Å²) >= 11 is 1.81. The van der Waals surface area contributed by atoms with E-state index >= 15 is 0 Å². The van der Waals surface area contributed by atoms with E-state index in [2.05, 4.69) is 112 Å². The van der Waals surface area contributed by atoms with Crippen molar-refractivity contribution in [3.8, 4) is 73.8 Å². The summed E-state index contributed by atoms with van der Waals surface area (Å²) in [5, 5.41) is 4.49. The first-order chi connectivity index (χ1) is 32.3. The first-order valence-corrected chi connectivity index (χ1v) is 22.5. The van der Waals surface area contributed by atoms with E-state index in [0.29, 0.717) is 52.4 Å². The van der Waals surface area contributed by atoms with Crippen LogP contribution < -0.4 is 0 Å². The van der Waals surface area contributed by atoms with Crippen LogP contribution >= 0.6 is 11.3 Å². The van der Waals surface area contributed by atoms with Gasteiger partial charge in [-0.25, -0.2) is 44.9 Å². The summed E-state index contributed by atoms with van der Waals surface area (Å²) in [7, 11) is 0. The molecule has 5 heterocycles. The Hall–Kier alpha value is -8.41. The van der Waals surface area contributed by atoms with Gasteiger partial charge in [0, 0.05) is 58.8 Å². The van der Waals surface area contributed by atoms with Crippen LogP contribution in [0.15, 0.2) is 158 Å². The largest absolute Gasteiger partial charge is 0.308 e. The average molecular weight is 871 g/mol. The number of thiophene rings is 1. The third-order valence-corrected chi connectivity index (χ3v) is 13.0. The Balaban J connectivity index is 1.17. The number of fused-ring (bicyclic) bond motifs is 6. The van der Waals surface area contributed by atoms with Gasteiger partial charge in [-0.05, 0) is 99.5 Å². The number of benzene rings is 7. The predicted molar refractivity (Wildman–Crippen MR) is 265 cm³/mol. The summed E-state index contributed by atoms with van der Waals surface area (Å²) in [6.07, 6.45) is 0. The van der Waals surface area contributed by atoms with Crippen molar-refractivity contribution < 1.29 is 0 Å². The van der Waals surface area contributed by atoms with Crippen LogP contribution in [0.2, 0.25) is 0 Å². The zero-order chi connectivity index (χ0) is 44.5. The molecule has 0 aliphatic rings. The Bertz CT molecular complexity index is 3670. The van der Waals surface area contributed by atoms with Crippen LogP contribution in [0.1, 0.15) is 23.3 Å². The van der Waals surface area contributed by atoms with Crippen molar-refractivity contribution in [3.05, 3.63) is 181 Å². The average Bonchev–Trinajstić information content (AvgIpc) is 3.89. The van der Waals surface area contributed by atoms with Gasteiger partial charge in [-0.15, -0.1) is 11.3 Å². The molecule has 5 aromatic heterocycles. The lowest BCUT2D eigenvalue weighted by Crippen LogP contribution is -2.04. The Morgan fingerprint density at radius 2 is 0.818 bits per heavy atom. The number of aromatic nitrogens is 10. The molecule has 0 aliphatic heterocycles. The second kappa shape index (κ2) is 15.7. The Morgan fingerprint density at radius 1 is 0.333 bits per heavy atom. The van der Waals surface area contributed by atoms with Crippen LogP contribution in [0.25, 0.3) is 116 Å². The molecule has 314 valence electrons. The number of nitrogens with zero attached hydrogens (tertiary/aromatic N) is 10. The number of hydrogen-bond donors (Lipinski definition) is 0. The van der Waals surface area contributed by atoms with Gasteiger partial charge >= 0.3 is 0 Å². The van der Waals surface area contributed by atoms with E-state index in [1.807, 2.05) is 99.7 Å². The molecule has 66 heavy (non-hydrogen) atoms. The maximum absolute atomic E-state index is 5.33. The highest BCUT2D eigenvalue weighted by molar-refractivity contribution is 7.25. The molecule has 0 aliphatic carbocycles. The van der Waals surface area contributed by atoms with Gasteiger partial charge in [-0.3, -0.25) is 0 Å². The molecule has 0 spiro atoms. The zero-order valence-corrected chi connectivity index (χ0v) is 37.2. The van der Waals surface area contributed by atoms with Crippen LogP contribution in [-0.4, -0.2) is 49.4 Å². The first kappa shape index (κ1) is 39.2. The molecular formula is C55H38N10S. The van der Waals surface area contributed by atoms with E-state index in [1.165, 1.54) is 20.2 Å². The minimum atomic E-state index is 0.553. The van der Waals surface area contributed by atoms with Crippen molar-refractivity contribution in [1.82, 2.24) is 49.4 Å². The van der Waals surface area contributed by atoms with E-state index in [9.17, 15) is 0 Å². The lowest BCUT2D eigenvalue weighted by Gasteiger charge is -2.17. The van der Waals surface area contributed by atoms with E-state index in [1.54, 1.807) is 0 Å². The second-order valence-electron chi connectivity index (χ2n) is 16.4. The summed E-state index contributed by atoms with van der Waals surface area (Å²) in [6, 6.07) is 55.0. The Labute approximate surface area is 383 Å². The van der Waals surface area contributed by atoms with Crippen molar-refractivity contribution in [1.29, 1.82) is 0 Å². The van der Waals surface area contributed by atoms with Crippen LogP contribution in [0.4, 0.5) is 0 Å². The smallest absolute Gasteiger partial charge is 0.166 e. The van der Waals surface area contributed by atoms with E-state index in [0.717, 1.165) is 66.4 Å². The minimum Gasteiger partial charge on any atom is -0.308 e. The maximum Gasteiger partial charge on any atom is 0.166 e. The van der Waals surface area contributed by atoms with Crippen molar-refractivity contribution >= 4 is 53.3 Å². The highest BCUT2D eigenvalue weighted by Gasteiger charge is 2.23. The third kappa shape index (κ3) is 6.84. The first-order valence-electron chi connectivity index (χ1n) is 21.7. The van der Waals surface area contributed by atoms with Crippen LogP contribution in [0.5, 0.6) is 0 Å². The number of hydrogen-bond acceptors (Lipinski definition) is 10. The number of rotatable bonds is 7. The quantitative estimate of drug-likeness (QED) is 0.154. The highest BCUT2D eigenvalue weighted by atomic mass is 32.1. The molecule has 7 aromatic carbocycles. The van der Waals surface area contributed by atoms with Gasteiger partial charge in [0.25, 0.3) is 0 Å². The molecule has 0 bridgehead atoms. The SMILES string of the molecule is Cc1nc(C)nc(-c2ccc3c(c2)c2cc(-c4nc(C)nc(C)n4)ccc2n3-c2ccc(-c3cccc4sc5ccccc5c34)cc2-c2nc(-c3ccccc3)nc(-c3ccccc3)n2)n1. The van der Waals surface area contributed by atoms with Crippen molar-refractivity contribution in [2.75, 3.05) is 0 Å². The molecule has 0 amide bonds. The Morgan fingerprint density at radius 3 is 1.39 bits per heavy atom. The molecular weight excluding hydrogens is 833 g/mol. The van der Waals surface area contributed by atoms with Crippen LogP contribution in [0, 0.1) is 27.7 Å². The van der Waals surface area contributed by atoms with Gasteiger partial charge in [-0.2, -0.15) is 0 Å². The highest BCUT2D eigenvalue weighted by Crippen LogP contribution is 2.44. The molecule has 0 fully saturated rings. The molecule has 12 rings (SSSR count). The molecule has 11 heteroatoms. The summed E-state index contributed by atoms with van der Waals surface area (Å²) in [4.78, 5) is 43.7. The topological polar surface area (TPSA) is 121 Å². The van der Waals surface area contributed by atoms with Gasteiger partial charge in [-0.1, -0.05) is 97.1 Å². The standard InChI is InChI=1S/C55H38N10S/c1-31-56-32(2)59-53(58-31)38-23-26-45-42(29-38)43-30-39(54-60-33(3)57-34(4)61-54)24-27-46(43)65(45)47-25-22-37(40-19-13-21-49-50(40)41-18-11-12-20-48(41)66-49)28-44(47)55-63-51(35-14-7-5-8-15-35)62-52(64-55)36-16-9-6-10-17-36/h5-30H,1-4H3. The van der Waals surface area contributed by atoms with Gasteiger partial charge in [0.2, 0.25) is 0 Å². The van der Waals surface area contributed by atoms with Gasteiger partial charge in [0.05, 0.1) is 16.7 Å². The summed E-state index contributed by atoms with van der Waals surface area (Å²) in [6.45, 7) is 7.59. The van der Waals surface area contributed by atoms with Crippen molar-refractivity contribution in [2.24, 2.45) is 0 Å². The zero-order valence-electron chi connectivity index (χ0n) is 36.4. The molecule has 0 saturated heterocycles. The summed E-state index contributed by atoms with van der Waals surface area (Å²) < 4.78 is 4.81. The van der Waals surface area contributed by atoms with Gasteiger partial charge < -0.3 is 4.57 Å². The third-order valence-electron chi connectivity index (χ3n) is 11.9. The van der Waals surface area contributed by atoms with Crippen LogP contribution in [-0.2, 0) is 0 Å². The molecule has 0 atom stereocenters. The summed E-state index contributed by atoms with van der Waals surface area (Å²) in [5.74, 6) is 5.64. The molecule has 0 unspecified atom stereocenters. The lowest BCUT2D eigenvalue weighted by atomic mass is 9.96.